The number of amidine groups is 1. The fourth-order valence-electron chi connectivity index (χ4n) is 3.44. The van der Waals surface area contributed by atoms with E-state index in [9.17, 15) is 14.4 Å². The second kappa shape index (κ2) is 11.1. The molecule has 0 bridgehead atoms. The minimum absolute atomic E-state index is 0.232. The predicted octanol–water partition coefficient (Wildman–Crippen LogP) is 5.53. The van der Waals surface area contributed by atoms with Crippen molar-refractivity contribution in [1.29, 1.82) is 0 Å². The van der Waals surface area contributed by atoms with Gasteiger partial charge >= 0.3 is 11.9 Å². The van der Waals surface area contributed by atoms with Crippen LogP contribution < -0.4 is 0 Å². The number of carbonyl (C=O) groups excluding carboxylic acids is 3. The first-order valence-corrected chi connectivity index (χ1v) is 12.0. The molecule has 0 spiro atoms. The molecule has 9 heteroatoms. The largest absolute Gasteiger partial charge is 0.465 e. The third-order valence-electron chi connectivity index (χ3n) is 5.25. The number of hydrogen-bond acceptors (Lipinski definition) is 8. The first kappa shape index (κ1) is 25.0. The molecule has 1 amide bonds. The van der Waals surface area contributed by atoms with Gasteiger partial charge in [-0.2, -0.15) is 0 Å². The maximum Gasteiger partial charge on any atom is 0.338 e. The van der Waals surface area contributed by atoms with Gasteiger partial charge in [0.05, 0.1) is 35.4 Å². The Labute approximate surface area is 212 Å². The molecule has 1 aromatic heterocycles. The second-order valence-electron chi connectivity index (χ2n) is 7.79. The lowest BCUT2D eigenvalue weighted by Crippen LogP contribution is -2.23. The highest BCUT2D eigenvalue weighted by atomic mass is 32.2. The molecule has 3 aromatic rings. The van der Waals surface area contributed by atoms with Crippen LogP contribution in [0.5, 0.6) is 0 Å². The highest BCUT2D eigenvalue weighted by molar-refractivity contribution is 8.18. The maximum absolute atomic E-state index is 12.8. The van der Waals surface area contributed by atoms with Crippen molar-refractivity contribution in [2.24, 2.45) is 4.99 Å². The quantitative estimate of drug-likeness (QED) is 0.308. The molecule has 0 aliphatic carbocycles. The van der Waals surface area contributed by atoms with Crippen molar-refractivity contribution in [2.75, 3.05) is 20.8 Å². The topological polar surface area (TPSA) is 98.4 Å². The van der Waals surface area contributed by atoms with E-state index < -0.39 is 11.9 Å². The highest BCUT2D eigenvalue weighted by Crippen LogP contribution is 2.34. The van der Waals surface area contributed by atoms with Gasteiger partial charge in [0.25, 0.3) is 5.91 Å². The Hall–Kier alpha value is -4.11. The number of amides is 1. The van der Waals surface area contributed by atoms with E-state index >= 15 is 0 Å². The van der Waals surface area contributed by atoms with E-state index in [0.29, 0.717) is 50.6 Å². The summed E-state index contributed by atoms with van der Waals surface area (Å²) in [7, 11) is 2.94. The van der Waals surface area contributed by atoms with Crippen molar-refractivity contribution in [3.8, 4) is 11.3 Å². The van der Waals surface area contributed by atoms with Crippen LogP contribution in [0.15, 0.2) is 75.0 Å². The van der Waals surface area contributed by atoms with E-state index in [1.807, 2.05) is 13.0 Å². The standard InChI is InChI=1S/C27H24N2O6S/c1-4-14-34-26(32)21-11-6-5-10-20(21)22-13-12-19(35-22)16-23-24(30)29(2)27(36-23)28-18-9-7-8-17(15-18)25(31)33-3/h5-13,15-16H,4,14H2,1-3H3. The second-order valence-corrected chi connectivity index (χ2v) is 8.80. The molecule has 2 heterocycles. The molecule has 0 saturated carbocycles. The highest BCUT2D eigenvalue weighted by Gasteiger charge is 2.31. The fourth-order valence-corrected chi connectivity index (χ4v) is 4.40. The lowest BCUT2D eigenvalue weighted by Gasteiger charge is -2.07. The third-order valence-corrected chi connectivity index (χ3v) is 6.31. The van der Waals surface area contributed by atoms with Crippen molar-refractivity contribution in [3.63, 3.8) is 0 Å². The lowest BCUT2D eigenvalue weighted by molar-refractivity contribution is -0.121. The number of ether oxygens (including phenoxy) is 2. The molecule has 0 unspecified atom stereocenters. The number of carbonyl (C=O) groups is 3. The van der Waals surface area contributed by atoms with Gasteiger partial charge in [-0.25, -0.2) is 14.6 Å². The number of esters is 2. The van der Waals surface area contributed by atoms with Crippen molar-refractivity contribution in [3.05, 3.63) is 82.5 Å². The predicted molar refractivity (Wildman–Crippen MR) is 138 cm³/mol. The number of nitrogens with zero attached hydrogens (tertiary/aromatic N) is 2. The van der Waals surface area contributed by atoms with E-state index in [1.54, 1.807) is 67.7 Å². The zero-order valence-corrected chi connectivity index (χ0v) is 20.8. The first-order valence-electron chi connectivity index (χ1n) is 11.2. The van der Waals surface area contributed by atoms with Crippen LogP contribution >= 0.6 is 11.8 Å². The Morgan fingerprint density at radius 3 is 2.67 bits per heavy atom. The summed E-state index contributed by atoms with van der Waals surface area (Å²) in [6.07, 6.45) is 2.37. The molecular formula is C27H24N2O6S. The molecule has 184 valence electrons. The molecule has 0 radical (unpaired) electrons. The lowest BCUT2D eigenvalue weighted by atomic mass is 10.1. The molecule has 4 rings (SSSR count). The van der Waals surface area contributed by atoms with Crippen LogP contribution in [0.2, 0.25) is 0 Å². The summed E-state index contributed by atoms with van der Waals surface area (Å²) < 4.78 is 16.0. The van der Waals surface area contributed by atoms with E-state index in [1.165, 1.54) is 23.8 Å². The molecule has 0 atom stereocenters. The minimum atomic E-state index is -0.463. The van der Waals surface area contributed by atoms with Gasteiger partial charge in [0.2, 0.25) is 0 Å². The number of methoxy groups -OCH3 is 1. The summed E-state index contributed by atoms with van der Waals surface area (Å²) in [6.45, 7) is 2.27. The van der Waals surface area contributed by atoms with Crippen molar-refractivity contribution < 1.29 is 28.3 Å². The first-order chi connectivity index (χ1) is 17.4. The van der Waals surface area contributed by atoms with Crippen molar-refractivity contribution in [2.45, 2.75) is 13.3 Å². The number of rotatable bonds is 7. The van der Waals surface area contributed by atoms with Crippen molar-refractivity contribution >= 4 is 46.5 Å². The summed E-state index contributed by atoms with van der Waals surface area (Å²) in [6, 6.07) is 17.2. The third kappa shape index (κ3) is 5.41. The van der Waals surface area contributed by atoms with E-state index in [-0.39, 0.29) is 5.91 Å². The van der Waals surface area contributed by atoms with Gasteiger partial charge in [0.1, 0.15) is 11.5 Å². The molecule has 8 nitrogen and oxygen atoms in total. The normalized spacial score (nSPS) is 15.5. The van der Waals surface area contributed by atoms with E-state index in [4.69, 9.17) is 13.9 Å². The Kier molecular flexibility index (Phi) is 7.70. The fraction of sp³-hybridized carbons (Fsp3) is 0.185. The number of benzene rings is 2. The van der Waals surface area contributed by atoms with Gasteiger partial charge in [0, 0.05) is 18.7 Å². The smallest absolute Gasteiger partial charge is 0.338 e. The number of likely N-dealkylation sites (N-methyl/N-ethyl adjacent to an activating group) is 1. The molecule has 36 heavy (non-hydrogen) atoms. The molecular weight excluding hydrogens is 480 g/mol. The van der Waals surface area contributed by atoms with Crippen LogP contribution in [-0.2, 0) is 14.3 Å². The molecule has 0 N–H and O–H groups in total. The average molecular weight is 505 g/mol. The molecule has 1 aliphatic heterocycles. The summed E-state index contributed by atoms with van der Waals surface area (Å²) in [5.74, 6) is -0.161. The number of aliphatic imine (C=N–C) groups is 1. The summed E-state index contributed by atoms with van der Waals surface area (Å²) in [5, 5.41) is 0.462. The van der Waals surface area contributed by atoms with Gasteiger partial charge in [-0.3, -0.25) is 9.69 Å². The minimum Gasteiger partial charge on any atom is -0.465 e. The molecule has 1 saturated heterocycles. The Morgan fingerprint density at radius 1 is 1.08 bits per heavy atom. The van der Waals surface area contributed by atoms with Gasteiger partial charge in [-0.1, -0.05) is 31.2 Å². The van der Waals surface area contributed by atoms with Gasteiger partial charge in [-0.05, 0) is 54.6 Å². The Morgan fingerprint density at radius 2 is 1.89 bits per heavy atom. The van der Waals surface area contributed by atoms with Crippen LogP contribution in [0.3, 0.4) is 0 Å². The summed E-state index contributed by atoms with van der Waals surface area (Å²) in [4.78, 5) is 43.5. The van der Waals surface area contributed by atoms with Gasteiger partial charge in [0.15, 0.2) is 5.17 Å². The number of furan rings is 1. The average Bonchev–Trinajstić information content (AvgIpc) is 3.47. The van der Waals surface area contributed by atoms with Crippen LogP contribution in [0.1, 0.15) is 39.8 Å². The van der Waals surface area contributed by atoms with E-state index in [0.717, 1.165) is 6.42 Å². The Bertz CT molecular complexity index is 1370. The molecule has 2 aromatic carbocycles. The van der Waals surface area contributed by atoms with Crippen LogP contribution in [0.4, 0.5) is 5.69 Å². The van der Waals surface area contributed by atoms with Crippen molar-refractivity contribution in [1.82, 2.24) is 4.90 Å². The van der Waals surface area contributed by atoms with E-state index in [2.05, 4.69) is 4.99 Å². The van der Waals surface area contributed by atoms with Crippen LogP contribution in [-0.4, -0.2) is 48.7 Å². The summed E-state index contributed by atoms with van der Waals surface area (Å²) in [5.41, 5.74) is 1.91. The SMILES string of the molecule is CCCOC(=O)c1ccccc1-c1ccc(C=C2SC(=Nc3cccc(C(=O)OC)c3)N(C)C2=O)o1. The van der Waals surface area contributed by atoms with Crippen LogP contribution in [0, 0.1) is 0 Å². The Balaban J connectivity index is 1.57. The van der Waals surface area contributed by atoms with Gasteiger partial charge < -0.3 is 13.9 Å². The molecule has 1 fully saturated rings. The van der Waals surface area contributed by atoms with Gasteiger partial charge in [-0.15, -0.1) is 0 Å². The monoisotopic (exact) mass is 504 g/mol. The van der Waals surface area contributed by atoms with Crippen LogP contribution in [0.25, 0.3) is 17.4 Å². The number of hydrogen-bond donors (Lipinski definition) is 0. The molecule has 1 aliphatic rings. The maximum atomic E-state index is 12.8. The summed E-state index contributed by atoms with van der Waals surface area (Å²) >= 11 is 1.20. The zero-order valence-electron chi connectivity index (χ0n) is 20.0. The number of thioether (sulfide) groups is 1. The zero-order chi connectivity index (χ0) is 25.7.